The SMILES string of the molecule is Cc1cn(CC(N)c2ccccc2)c(=O)[nH]c1=O. The maximum absolute atomic E-state index is 11.6. The quantitative estimate of drug-likeness (QED) is 0.828. The molecule has 0 radical (unpaired) electrons. The van der Waals surface area contributed by atoms with Crippen LogP contribution in [0.2, 0.25) is 0 Å². The number of nitrogens with one attached hydrogen (secondary N) is 1. The molecule has 18 heavy (non-hydrogen) atoms. The van der Waals surface area contributed by atoms with E-state index >= 15 is 0 Å². The largest absolute Gasteiger partial charge is 0.328 e. The first kappa shape index (κ1) is 12.3. The molecular weight excluding hydrogens is 230 g/mol. The molecular formula is C13H15N3O2. The number of nitrogens with two attached hydrogens (primary N) is 1. The lowest BCUT2D eigenvalue weighted by molar-refractivity contribution is 0.547. The van der Waals surface area contributed by atoms with Crippen LogP contribution >= 0.6 is 0 Å². The zero-order chi connectivity index (χ0) is 13.1. The van der Waals surface area contributed by atoms with Crippen LogP contribution in [0.15, 0.2) is 46.1 Å². The number of nitrogens with zero attached hydrogens (tertiary/aromatic N) is 1. The number of aryl methyl sites for hydroxylation is 1. The van der Waals surface area contributed by atoms with E-state index < -0.39 is 5.69 Å². The maximum atomic E-state index is 11.6. The number of H-pyrrole nitrogens is 1. The summed E-state index contributed by atoms with van der Waals surface area (Å²) in [6.07, 6.45) is 1.53. The van der Waals surface area contributed by atoms with Crippen LogP contribution in [-0.4, -0.2) is 9.55 Å². The predicted octanol–water partition coefficient (Wildman–Crippen LogP) is 0.545. The van der Waals surface area contributed by atoms with Crippen molar-refractivity contribution in [2.45, 2.75) is 19.5 Å². The Kier molecular flexibility index (Phi) is 3.43. The number of hydrogen-bond donors (Lipinski definition) is 2. The zero-order valence-corrected chi connectivity index (χ0v) is 10.1. The lowest BCUT2D eigenvalue weighted by Gasteiger charge is -2.13. The molecule has 0 aliphatic rings. The van der Waals surface area contributed by atoms with Gasteiger partial charge in [0.2, 0.25) is 0 Å². The van der Waals surface area contributed by atoms with Crippen LogP contribution in [0.3, 0.4) is 0 Å². The fourth-order valence-electron chi connectivity index (χ4n) is 1.77. The number of aromatic amines is 1. The molecule has 3 N–H and O–H groups in total. The third kappa shape index (κ3) is 2.57. The van der Waals surface area contributed by atoms with Gasteiger partial charge in [-0.05, 0) is 12.5 Å². The highest BCUT2D eigenvalue weighted by molar-refractivity contribution is 5.18. The lowest BCUT2D eigenvalue weighted by atomic mass is 10.1. The van der Waals surface area contributed by atoms with E-state index in [4.69, 9.17) is 5.73 Å². The topological polar surface area (TPSA) is 80.9 Å². The Bertz CT molecular complexity index is 643. The van der Waals surface area contributed by atoms with Crippen LogP contribution in [0, 0.1) is 6.92 Å². The molecule has 5 nitrogen and oxygen atoms in total. The minimum Gasteiger partial charge on any atom is -0.322 e. The summed E-state index contributed by atoms with van der Waals surface area (Å²) in [5.74, 6) is 0. The van der Waals surface area contributed by atoms with Gasteiger partial charge in [0.15, 0.2) is 0 Å². The van der Waals surface area contributed by atoms with E-state index in [2.05, 4.69) is 4.98 Å². The fourth-order valence-corrected chi connectivity index (χ4v) is 1.77. The summed E-state index contributed by atoms with van der Waals surface area (Å²) in [5, 5.41) is 0. The first-order chi connectivity index (χ1) is 8.58. The van der Waals surface area contributed by atoms with Gasteiger partial charge in [-0.25, -0.2) is 4.79 Å². The van der Waals surface area contributed by atoms with E-state index in [0.717, 1.165) is 5.56 Å². The Labute approximate surface area is 104 Å². The Balaban J connectivity index is 2.28. The molecule has 1 atom stereocenters. The van der Waals surface area contributed by atoms with Crippen molar-refractivity contribution in [1.82, 2.24) is 9.55 Å². The van der Waals surface area contributed by atoms with Crippen LogP contribution in [-0.2, 0) is 6.54 Å². The van der Waals surface area contributed by atoms with E-state index in [1.54, 1.807) is 6.92 Å². The molecule has 0 saturated heterocycles. The normalized spacial score (nSPS) is 12.3. The van der Waals surface area contributed by atoms with Gasteiger partial charge in [-0.2, -0.15) is 0 Å². The highest BCUT2D eigenvalue weighted by Gasteiger charge is 2.08. The molecule has 2 rings (SSSR count). The van der Waals surface area contributed by atoms with Crippen LogP contribution in [0.25, 0.3) is 0 Å². The molecule has 0 spiro atoms. The van der Waals surface area contributed by atoms with Crippen molar-refractivity contribution >= 4 is 0 Å². The first-order valence-electron chi connectivity index (χ1n) is 5.69. The number of rotatable bonds is 3. The van der Waals surface area contributed by atoms with E-state index in [1.165, 1.54) is 10.8 Å². The summed E-state index contributed by atoms with van der Waals surface area (Å²) < 4.78 is 1.42. The highest BCUT2D eigenvalue weighted by Crippen LogP contribution is 2.10. The minimum atomic E-state index is -0.433. The van der Waals surface area contributed by atoms with Gasteiger partial charge in [-0.1, -0.05) is 30.3 Å². The van der Waals surface area contributed by atoms with Gasteiger partial charge < -0.3 is 5.73 Å². The Hall–Kier alpha value is -2.14. The van der Waals surface area contributed by atoms with Gasteiger partial charge in [-0.3, -0.25) is 14.3 Å². The zero-order valence-electron chi connectivity index (χ0n) is 10.1. The number of benzene rings is 1. The van der Waals surface area contributed by atoms with E-state index in [-0.39, 0.29) is 11.6 Å². The molecule has 1 aromatic heterocycles. The first-order valence-corrected chi connectivity index (χ1v) is 5.69. The number of aromatic nitrogens is 2. The van der Waals surface area contributed by atoms with Gasteiger partial charge in [0.25, 0.3) is 5.56 Å². The molecule has 1 aromatic carbocycles. The fraction of sp³-hybridized carbons (Fsp3) is 0.231. The highest BCUT2D eigenvalue weighted by atomic mass is 16.2. The van der Waals surface area contributed by atoms with Crippen molar-refractivity contribution in [3.8, 4) is 0 Å². The number of hydrogen-bond acceptors (Lipinski definition) is 3. The summed E-state index contributed by atoms with van der Waals surface area (Å²) >= 11 is 0. The second-order valence-corrected chi connectivity index (χ2v) is 4.24. The molecule has 0 amide bonds. The van der Waals surface area contributed by atoms with E-state index in [1.807, 2.05) is 30.3 Å². The molecule has 94 valence electrons. The maximum Gasteiger partial charge on any atom is 0.328 e. The average Bonchev–Trinajstić information content (AvgIpc) is 2.37. The molecule has 2 aromatic rings. The van der Waals surface area contributed by atoms with Gasteiger partial charge in [0.1, 0.15) is 0 Å². The molecule has 0 bridgehead atoms. The van der Waals surface area contributed by atoms with Crippen LogP contribution in [0.5, 0.6) is 0 Å². The molecule has 5 heteroatoms. The standard InChI is InChI=1S/C13H15N3O2/c1-9-7-16(13(18)15-12(9)17)8-11(14)10-5-3-2-4-6-10/h2-7,11H,8,14H2,1H3,(H,15,17,18). The van der Waals surface area contributed by atoms with Crippen molar-refractivity contribution in [2.75, 3.05) is 0 Å². The average molecular weight is 245 g/mol. The van der Waals surface area contributed by atoms with Crippen LogP contribution in [0.1, 0.15) is 17.2 Å². The van der Waals surface area contributed by atoms with Crippen molar-refractivity contribution in [3.05, 3.63) is 68.5 Å². The van der Waals surface area contributed by atoms with Gasteiger partial charge >= 0.3 is 5.69 Å². The smallest absolute Gasteiger partial charge is 0.322 e. The van der Waals surface area contributed by atoms with Crippen molar-refractivity contribution in [2.24, 2.45) is 5.73 Å². The van der Waals surface area contributed by atoms with Crippen LogP contribution < -0.4 is 17.0 Å². The third-order valence-corrected chi connectivity index (χ3v) is 2.81. The van der Waals surface area contributed by atoms with E-state index in [9.17, 15) is 9.59 Å². The van der Waals surface area contributed by atoms with Crippen molar-refractivity contribution in [1.29, 1.82) is 0 Å². The minimum absolute atomic E-state index is 0.283. The van der Waals surface area contributed by atoms with Crippen molar-refractivity contribution < 1.29 is 0 Å². The monoisotopic (exact) mass is 245 g/mol. The van der Waals surface area contributed by atoms with Crippen LogP contribution in [0.4, 0.5) is 0 Å². The third-order valence-electron chi connectivity index (χ3n) is 2.81. The van der Waals surface area contributed by atoms with Gasteiger partial charge in [0, 0.05) is 24.3 Å². The molecule has 1 unspecified atom stereocenters. The molecule has 1 heterocycles. The summed E-state index contributed by atoms with van der Waals surface area (Å²) in [5.41, 5.74) is 6.69. The summed E-state index contributed by atoms with van der Waals surface area (Å²) in [4.78, 5) is 25.1. The molecule has 0 aliphatic heterocycles. The van der Waals surface area contributed by atoms with Crippen molar-refractivity contribution in [3.63, 3.8) is 0 Å². The summed E-state index contributed by atoms with van der Waals surface area (Å²) in [7, 11) is 0. The summed E-state index contributed by atoms with van der Waals surface area (Å²) in [6, 6.07) is 9.25. The summed E-state index contributed by atoms with van der Waals surface area (Å²) in [6.45, 7) is 1.99. The van der Waals surface area contributed by atoms with Gasteiger partial charge in [-0.15, -0.1) is 0 Å². The van der Waals surface area contributed by atoms with Gasteiger partial charge in [0.05, 0.1) is 0 Å². The second-order valence-electron chi connectivity index (χ2n) is 4.24. The second kappa shape index (κ2) is 5.01. The Morgan fingerprint density at radius 2 is 1.94 bits per heavy atom. The molecule has 0 aliphatic carbocycles. The van der Waals surface area contributed by atoms with E-state index in [0.29, 0.717) is 12.1 Å². The predicted molar refractivity (Wildman–Crippen MR) is 69.4 cm³/mol. The molecule has 0 fully saturated rings. The molecule has 0 saturated carbocycles. The Morgan fingerprint density at radius 3 is 2.61 bits per heavy atom. The Morgan fingerprint density at radius 1 is 1.28 bits per heavy atom. The lowest BCUT2D eigenvalue weighted by Crippen LogP contribution is -2.33.